The van der Waals surface area contributed by atoms with Crippen molar-refractivity contribution in [1.29, 1.82) is 0 Å². The topological polar surface area (TPSA) is 134 Å². The van der Waals surface area contributed by atoms with Crippen LogP contribution >= 0.6 is 11.6 Å². The molecule has 6 aromatic rings. The molecule has 0 spiro atoms. The Morgan fingerprint density at radius 2 is 1.71 bits per heavy atom. The van der Waals surface area contributed by atoms with Gasteiger partial charge in [-0.2, -0.15) is 5.10 Å². The summed E-state index contributed by atoms with van der Waals surface area (Å²) < 4.78 is 3.35. The molecule has 0 unspecified atom stereocenters. The molecule has 6 rings (SSSR count). The quantitative estimate of drug-likeness (QED) is 0.228. The van der Waals surface area contributed by atoms with Crippen LogP contribution in [0, 0.1) is 0 Å². The normalized spacial score (nSPS) is 12.6. The summed E-state index contributed by atoms with van der Waals surface area (Å²) in [5.74, 6) is -0.988. The predicted molar refractivity (Wildman–Crippen MR) is 150 cm³/mol. The van der Waals surface area contributed by atoms with Crippen LogP contribution in [0.1, 0.15) is 33.8 Å². The first-order valence-corrected chi connectivity index (χ1v) is 13.0. The number of aliphatic hydroxyl groups is 1. The number of aromatic amines is 1. The Kier molecular flexibility index (Phi) is 7.07. The van der Waals surface area contributed by atoms with E-state index in [0.29, 0.717) is 16.3 Å². The molecule has 41 heavy (non-hydrogen) atoms. The number of carboxylic acid groups (broad SMARTS) is 1. The zero-order valence-corrected chi connectivity index (χ0v) is 22.2. The van der Waals surface area contributed by atoms with Crippen LogP contribution in [-0.2, 0) is 0 Å². The first kappa shape index (κ1) is 26.1. The number of nitrogens with zero attached hydrogens (tertiary/aromatic N) is 6. The number of hydrogen-bond acceptors (Lipinski definition) is 6. The van der Waals surface area contributed by atoms with Crippen LogP contribution in [0.4, 0.5) is 0 Å². The summed E-state index contributed by atoms with van der Waals surface area (Å²) in [6.07, 6.45) is 5.84. The summed E-state index contributed by atoms with van der Waals surface area (Å²) in [6, 6.07) is 24.5. The third kappa shape index (κ3) is 5.33. The number of H-pyrrole nitrogens is 1. The monoisotopic (exact) mass is 564 g/mol. The van der Waals surface area contributed by atoms with Gasteiger partial charge in [0.2, 0.25) is 0 Å². The van der Waals surface area contributed by atoms with E-state index in [-0.39, 0.29) is 5.56 Å². The van der Waals surface area contributed by atoms with E-state index in [4.69, 9.17) is 16.6 Å². The minimum atomic E-state index is -0.988. The standard InChI is InChI=1S/C30H22ClN7O3/c31-24-11-13-27(38-18-33-35-36-38)25(14-24)22-10-12-26(32-15-22)28(29(39)20-4-2-1-3-5-20)37-17-23(16-34-37)19-6-8-21(9-7-19)30(40)41/h1-18,28-29,39H,(H,40,41)/p+1/t28-,29-/m1/s1. The van der Waals surface area contributed by atoms with Crippen molar-refractivity contribution < 1.29 is 19.7 Å². The van der Waals surface area contributed by atoms with Gasteiger partial charge in [0.15, 0.2) is 5.21 Å². The van der Waals surface area contributed by atoms with Crippen molar-refractivity contribution in [3.8, 4) is 27.9 Å². The fourth-order valence-electron chi connectivity index (χ4n) is 4.70. The number of nitrogens with one attached hydrogen (secondary N) is 1. The van der Waals surface area contributed by atoms with E-state index in [1.807, 2.05) is 60.8 Å². The highest BCUT2D eigenvalue weighted by atomic mass is 35.5. The molecule has 10 nitrogen and oxygen atoms in total. The lowest BCUT2D eigenvalue weighted by Crippen LogP contribution is -2.32. The van der Waals surface area contributed by atoms with Crippen molar-refractivity contribution in [2.24, 2.45) is 0 Å². The van der Waals surface area contributed by atoms with Crippen molar-refractivity contribution in [3.63, 3.8) is 0 Å². The number of aromatic nitrogens is 7. The summed E-state index contributed by atoms with van der Waals surface area (Å²) in [4.78, 5) is 16.0. The third-order valence-corrected chi connectivity index (χ3v) is 7.02. The Balaban J connectivity index is 1.39. The van der Waals surface area contributed by atoms with Gasteiger partial charge in [-0.3, -0.25) is 9.67 Å². The van der Waals surface area contributed by atoms with Crippen LogP contribution in [-0.4, -0.2) is 46.5 Å². The van der Waals surface area contributed by atoms with Gasteiger partial charge in [0.25, 0.3) is 6.33 Å². The number of carboxylic acids is 1. The highest BCUT2D eigenvalue weighted by Crippen LogP contribution is 2.34. The van der Waals surface area contributed by atoms with Gasteiger partial charge in [-0.15, -0.1) is 4.68 Å². The maximum atomic E-state index is 11.6. The number of tetrazole rings is 1. The summed E-state index contributed by atoms with van der Waals surface area (Å²) in [7, 11) is 0. The molecule has 0 aliphatic heterocycles. The molecule has 0 radical (unpaired) electrons. The lowest BCUT2D eigenvalue weighted by molar-refractivity contribution is -0.659. The largest absolute Gasteiger partial charge is 0.478 e. The molecule has 0 saturated heterocycles. The van der Waals surface area contributed by atoms with Crippen LogP contribution in [0.25, 0.3) is 27.9 Å². The fourth-order valence-corrected chi connectivity index (χ4v) is 4.87. The zero-order valence-electron chi connectivity index (χ0n) is 21.4. The number of halogens is 1. The fraction of sp³-hybridized carbons (Fsp3) is 0.0667. The van der Waals surface area contributed by atoms with Gasteiger partial charge < -0.3 is 10.2 Å². The minimum absolute atomic E-state index is 0.202. The lowest BCUT2D eigenvalue weighted by Gasteiger charge is -2.24. The number of pyridine rings is 1. The highest BCUT2D eigenvalue weighted by Gasteiger charge is 2.27. The zero-order chi connectivity index (χ0) is 28.3. The molecule has 0 saturated carbocycles. The van der Waals surface area contributed by atoms with Crippen molar-refractivity contribution in [1.82, 2.24) is 30.3 Å². The van der Waals surface area contributed by atoms with Crippen LogP contribution in [0.3, 0.4) is 0 Å². The molecule has 3 aromatic heterocycles. The number of aromatic carboxylic acids is 1. The summed E-state index contributed by atoms with van der Waals surface area (Å²) in [5.41, 5.74) is 5.51. The number of hydrogen-bond donors (Lipinski definition) is 3. The Labute approximate surface area is 239 Å². The number of aliphatic hydroxyl groups excluding tert-OH is 1. The molecule has 3 aromatic carbocycles. The highest BCUT2D eigenvalue weighted by molar-refractivity contribution is 6.31. The SMILES string of the molecule is O=C(O)c1ccc(-c2cnn([C@H](c3ccc(-c4cc(Cl)ccc4-[n+]4cnn[nH]4)cn3)[C@H](O)c3ccccc3)c2)cc1. The van der Waals surface area contributed by atoms with Gasteiger partial charge >= 0.3 is 5.97 Å². The first-order valence-electron chi connectivity index (χ1n) is 12.6. The van der Waals surface area contributed by atoms with Crippen LogP contribution in [0.15, 0.2) is 110 Å². The molecule has 0 aliphatic rings. The van der Waals surface area contributed by atoms with Crippen molar-refractivity contribution in [2.75, 3.05) is 0 Å². The van der Waals surface area contributed by atoms with Crippen LogP contribution < -0.4 is 4.68 Å². The molecule has 3 N–H and O–H groups in total. The Bertz CT molecular complexity index is 1790. The maximum absolute atomic E-state index is 11.6. The van der Waals surface area contributed by atoms with E-state index in [1.165, 1.54) is 0 Å². The second-order valence-electron chi connectivity index (χ2n) is 9.33. The number of benzene rings is 3. The number of rotatable bonds is 8. The first-order chi connectivity index (χ1) is 20.0. The van der Waals surface area contributed by atoms with Gasteiger partial charge in [0.05, 0.1) is 17.5 Å². The van der Waals surface area contributed by atoms with E-state index >= 15 is 0 Å². The molecule has 2 atom stereocenters. The van der Waals surface area contributed by atoms with Crippen molar-refractivity contribution in [2.45, 2.75) is 12.1 Å². The second kappa shape index (κ2) is 11.1. The van der Waals surface area contributed by atoms with E-state index in [0.717, 1.165) is 27.9 Å². The molecular weight excluding hydrogens is 542 g/mol. The average Bonchev–Trinajstić information content (AvgIpc) is 3.72. The van der Waals surface area contributed by atoms with Crippen molar-refractivity contribution in [3.05, 3.63) is 132 Å². The van der Waals surface area contributed by atoms with E-state index in [9.17, 15) is 15.0 Å². The molecule has 0 amide bonds. The van der Waals surface area contributed by atoms with Gasteiger partial charge in [-0.25, -0.2) is 4.79 Å². The Hall–Kier alpha value is -5.19. The smallest absolute Gasteiger partial charge is 0.335 e. The van der Waals surface area contributed by atoms with Gasteiger partial charge in [0, 0.05) is 34.1 Å². The van der Waals surface area contributed by atoms with Crippen molar-refractivity contribution >= 4 is 17.6 Å². The molecule has 0 fully saturated rings. The second-order valence-corrected chi connectivity index (χ2v) is 9.76. The predicted octanol–water partition coefficient (Wildman–Crippen LogP) is 4.68. The molecule has 202 valence electrons. The van der Waals surface area contributed by atoms with E-state index in [1.54, 1.807) is 58.4 Å². The molecule has 0 aliphatic carbocycles. The number of carbonyl (C=O) groups is 1. The Morgan fingerprint density at radius 3 is 2.39 bits per heavy atom. The van der Waals surface area contributed by atoms with Gasteiger partial charge in [-0.1, -0.05) is 65.3 Å². The summed E-state index contributed by atoms with van der Waals surface area (Å²) in [6.45, 7) is 0. The van der Waals surface area contributed by atoms with Gasteiger partial charge in [0.1, 0.15) is 22.9 Å². The Morgan fingerprint density at radius 1 is 0.927 bits per heavy atom. The molecule has 11 heteroatoms. The van der Waals surface area contributed by atoms with Crippen LogP contribution in [0.2, 0.25) is 5.02 Å². The molecule has 0 bridgehead atoms. The molecule has 3 heterocycles. The van der Waals surface area contributed by atoms with Crippen LogP contribution in [0.5, 0.6) is 0 Å². The van der Waals surface area contributed by atoms with E-state index < -0.39 is 18.1 Å². The average molecular weight is 565 g/mol. The van der Waals surface area contributed by atoms with Gasteiger partial charge in [-0.05, 0) is 47.5 Å². The molecular formula is C30H23ClN7O3+. The van der Waals surface area contributed by atoms with E-state index in [2.05, 4.69) is 20.6 Å². The third-order valence-electron chi connectivity index (χ3n) is 6.79. The maximum Gasteiger partial charge on any atom is 0.335 e. The lowest BCUT2D eigenvalue weighted by atomic mass is 9.98. The summed E-state index contributed by atoms with van der Waals surface area (Å²) in [5, 5.41) is 36.4. The minimum Gasteiger partial charge on any atom is -0.478 e. The summed E-state index contributed by atoms with van der Waals surface area (Å²) >= 11 is 6.33.